The van der Waals surface area contributed by atoms with Gasteiger partial charge in [0.2, 0.25) is 0 Å². The van der Waals surface area contributed by atoms with Gasteiger partial charge in [-0.1, -0.05) is 24.2 Å². The fourth-order valence-corrected chi connectivity index (χ4v) is 3.25. The van der Waals surface area contributed by atoms with Gasteiger partial charge in [0.25, 0.3) is 5.91 Å². The molecule has 1 aromatic carbocycles. The highest BCUT2D eigenvalue weighted by Gasteiger charge is 2.26. The molecule has 3 rings (SSSR count). The molecule has 4 nitrogen and oxygen atoms in total. The molecule has 0 bridgehead atoms. The molecule has 128 valence electrons. The third kappa shape index (κ3) is 4.02. The van der Waals surface area contributed by atoms with Crippen molar-refractivity contribution < 1.29 is 13.7 Å². The number of carbonyl (C=O) groups is 1. The van der Waals surface area contributed by atoms with Gasteiger partial charge >= 0.3 is 0 Å². The Kier molecular flexibility index (Phi) is 5.28. The first-order chi connectivity index (χ1) is 11.7. The summed E-state index contributed by atoms with van der Waals surface area (Å²) in [7, 11) is 0. The minimum absolute atomic E-state index is 0.0371. The number of amides is 1. The Morgan fingerprint density at radius 3 is 2.88 bits per heavy atom. The number of rotatable bonds is 5. The lowest BCUT2D eigenvalue weighted by Gasteiger charge is -2.32. The number of hydrogen-bond acceptors (Lipinski definition) is 3. The summed E-state index contributed by atoms with van der Waals surface area (Å²) in [6.07, 6.45) is 4.80. The van der Waals surface area contributed by atoms with Gasteiger partial charge in [-0.25, -0.2) is 4.39 Å². The summed E-state index contributed by atoms with van der Waals surface area (Å²) < 4.78 is 18.1. The molecule has 1 fully saturated rings. The van der Waals surface area contributed by atoms with Crippen molar-refractivity contribution in [3.8, 4) is 0 Å². The number of hydrogen-bond donors (Lipinski definition) is 0. The fraction of sp³-hybridized carbons (Fsp3) is 0.474. The predicted molar refractivity (Wildman–Crippen MR) is 89.2 cm³/mol. The third-order valence-electron chi connectivity index (χ3n) is 4.69. The lowest BCUT2D eigenvalue weighted by atomic mass is 9.91. The molecule has 1 aliphatic heterocycles. The van der Waals surface area contributed by atoms with Crippen molar-refractivity contribution in [1.82, 2.24) is 10.1 Å². The molecule has 1 saturated heterocycles. The quantitative estimate of drug-likeness (QED) is 0.836. The van der Waals surface area contributed by atoms with Crippen LogP contribution in [0.2, 0.25) is 0 Å². The monoisotopic (exact) mass is 330 g/mol. The summed E-state index contributed by atoms with van der Waals surface area (Å²) in [5, 5.41) is 3.89. The normalized spacial score (nSPS) is 17.9. The number of aryl methyl sites for hydroxylation is 2. The van der Waals surface area contributed by atoms with Crippen LogP contribution in [0.3, 0.4) is 0 Å². The highest BCUT2D eigenvalue weighted by atomic mass is 19.1. The lowest BCUT2D eigenvalue weighted by Crippen LogP contribution is -2.40. The van der Waals surface area contributed by atoms with Gasteiger partial charge in [-0.3, -0.25) is 4.79 Å². The van der Waals surface area contributed by atoms with Crippen LogP contribution in [0.4, 0.5) is 4.39 Å². The smallest absolute Gasteiger partial charge is 0.276 e. The van der Waals surface area contributed by atoms with Crippen LogP contribution in [0.1, 0.15) is 48.0 Å². The maximum absolute atomic E-state index is 13.0. The molecule has 1 atom stereocenters. The third-order valence-corrected chi connectivity index (χ3v) is 4.69. The SMILES string of the molecule is CCc1cc(C(=O)N2CCCC(CCc3ccc(F)cc3)C2)no1. The molecule has 1 aromatic heterocycles. The van der Waals surface area contributed by atoms with Gasteiger partial charge in [-0.05, 0) is 49.3 Å². The number of benzene rings is 1. The van der Waals surface area contributed by atoms with E-state index in [2.05, 4.69) is 5.16 Å². The van der Waals surface area contributed by atoms with Gasteiger partial charge in [0, 0.05) is 25.6 Å². The molecule has 1 amide bonds. The predicted octanol–water partition coefficient (Wildman–Crippen LogP) is 3.86. The van der Waals surface area contributed by atoms with Crippen molar-refractivity contribution >= 4 is 5.91 Å². The Hall–Kier alpha value is -2.17. The topological polar surface area (TPSA) is 46.3 Å². The minimum Gasteiger partial charge on any atom is -0.361 e. The summed E-state index contributed by atoms with van der Waals surface area (Å²) >= 11 is 0. The molecule has 1 aliphatic rings. The highest BCUT2D eigenvalue weighted by molar-refractivity contribution is 5.92. The highest BCUT2D eigenvalue weighted by Crippen LogP contribution is 2.23. The Bertz CT molecular complexity index is 681. The molecule has 0 radical (unpaired) electrons. The van der Waals surface area contributed by atoms with E-state index in [4.69, 9.17) is 4.52 Å². The number of piperidine rings is 1. The van der Waals surface area contributed by atoms with Crippen LogP contribution < -0.4 is 0 Å². The van der Waals surface area contributed by atoms with Gasteiger partial charge in [-0.2, -0.15) is 0 Å². The zero-order valence-electron chi connectivity index (χ0n) is 14.0. The first kappa shape index (κ1) is 16.7. The Balaban J connectivity index is 1.55. The first-order valence-electron chi connectivity index (χ1n) is 8.65. The summed E-state index contributed by atoms with van der Waals surface area (Å²) in [5.74, 6) is 0.977. The molecule has 0 N–H and O–H groups in total. The van der Waals surface area contributed by atoms with Gasteiger partial charge in [0.1, 0.15) is 11.6 Å². The second-order valence-electron chi connectivity index (χ2n) is 6.46. The number of nitrogens with zero attached hydrogens (tertiary/aromatic N) is 2. The molecule has 0 spiro atoms. The van der Waals surface area contributed by atoms with Crippen LogP contribution in [0, 0.1) is 11.7 Å². The average Bonchev–Trinajstić information content (AvgIpc) is 3.10. The minimum atomic E-state index is -0.202. The maximum atomic E-state index is 13.0. The van der Waals surface area contributed by atoms with E-state index in [0.29, 0.717) is 11.6 Å². The van der Waals surface area contributed by atoms with Crippen LogP contribution in [-0.4, -0.2) is 29.1 Å². The van der Waals surface area contributed by atoms with Crippen molar-refractivity contribution in [2.24, 2.45) is 5.92 Å². The van der Waals surface area contributed by atoms with Crippen LogP contribution in [-0.2, 0) is 12.8 Å². The Morgan fingerprint density at radius 1 is 1.38 bits per heavy atom. The lowest BCUT2D eigenvalue weighted by molar-refractivity contribution is 0.0658. The first-order valence-corrected chi connectivity index (χ1v) is 8.65. The van der Waals surface area contributed by atoms with Crippen LogP contribution in [0.5, 0.6) is 0 Å². The molecule has 0 aliphatic carbocycles. The van der Waals surface area contributed by atoms with E-state index < -0.39 is 0 Å². The molecular formula is C19H23FN2O2. The molecule has 5 heteroatoms. The van der Waals surface area contributed by atoms with E-state index in [1.54, 1.807) is 6.07 Å². The van der Waals surface area contributed by atoms with Crippen molar-refractivity contribution in [2.45, 2.75) is 39.0 Å². The van der Waals surface area contributed by atoms with E-state index >= 15 is 0 Å². The van der Waals surface area contributed by atoms with Crippen molar-refractivity contribution in [3.05, 3.63) is 53.2 Å². The zero-order chi connectivity index (χ0) is 16.9. The maximum Gasteiger partial charge on any atom is 0.276 e. The Labute approximate surface area is 141 Å². The van der Waals surface area contributed by atoms with Gasteiger partial charge in [-0.15, -0.1) is 0 Å². The number of halogens is 1. The Morgan fingerprint density at radius 2 is 2.17 bits per heavy atom. The molecule has 2 heterocycles. The van der Waals surface area contributed by atoms with E-state index in [1.807, 2.05) is 24.0 Å². The van der Waals surface area contributed by atoms with E-state index in [9.17, 15) is 9.18 Å². The summed E-state index contributed by atoms with van der Waals surface area (Å²) in [6.45, 7) is 3.51. The molecule has 1 unspecified atom stereocenters. The second kappa shape index (κ2) is 7.60. The molecule has 0 saturated carbocycles. The summed E-state index contributed by atoms with van der Waals surface area (Å²) in [6, 6.07) is 8.42. The van der Waals surface area contributed by atoms with Crippen LogP contribution in [0.25, 0.3) is 0 Å². The van der Waals surface area contributed by atoms with Gasteiger partial charge < -0.3 is 9.42 Å². The van der Waals surface area contributed by atoms with Crippen LogP contribution in [0.15, 0.2) is 34.9 Å². The molecule has 2 aromatic rings. The average molecular weight is 330 g/mol. The zero-order valence-corrected chi connectivity index (χ0v) is 14.0. The van der Waals surface area contributed by atoms with Gasteiger partial charge in [0.05, 0.1) is 0 Å². The van der Waals surface area contributed by atoms with Crippen molar-refractivity contribution in [2.75, 3.05) is 13.1 Å². The van der Waals surface area contributed by atoms with Crippen molar-refractivity contribution in [1.29, 1.82) is 0 Å². The number of carbonyl (C=O) groups excluding carboxylic acids is 1. The number of aromatic nitrogens is 1. The van der Waals surface area contributed by atoms with E-state index in [-0.39, 0.29) is 11.7 Å². The van der Waals surface area contributed by atoms with E-state index in [1.165, 1.54) is 12.1 Å². The van der Waals surface area contributed by atoms with Gasteiger partial charge in [0.15, 0.2) is 5.69 Å². The second-order valence-corrected chi connectivity index (χ2v) is 6.46. The number of likely N-dealkylation sites (tertiary alicyclic amines) is 1. The van der Waals surface area contributed by atoms with E-state index in [0.717, 1.165) is 56.5 Å². The summed E-state index contributed by atoms with van der Waals surface area (Å²) in [5.41, 5.74) is 1.55. The standard InChI is InChI=1S/C19H23FN2O2/c1-2-17-12-18(21-24-17)19(23)22-11-3-4-15(13-22)6-5-14-7-9-16(20)10-8-14/h7-10,12,15H,2-6,11,13H2,1H3. The van der Waals surface area contributed by atoms with Crippen molar-refractivity contribution in [3.63, 3.8) is 0 Å². The molecule has 24 heavy (non-hydrogen) atoms. The largest absolute Gasteiger partial charge is 0.361 e. The molecular weight excluding hydrogens is 307 g/mol. The fourth-order valence-electron chi connectivity index (χ4n) is 3.25. The summed E-state index contributed by atoms with van der Waals surface area (Å²) in [4.78, 5) is 14.4. The van der Waals surface area contributed by atoms with Crippen LogP contribution >= 0.6 is 0 Å².